The molecular formula is C33H28N3Y3-2. The molecule has 2 radical (unpaired) electrons. The third kappa shape index (κ3) is 10.0. The monoisotopic (exact) mass is 733 g/mol. The Balaban J connectivity index is 0.000000287. The SMILES string of the molecule is Nc1ccccc1C=C[C]#[Y].[CH-]=Cc1cccc2cccc(N)c12.[CH-]=Cc1cccc2cccc(N)c12.[Y].[Y]. The van der Waals surface area contributed by atoms with E-state index in [2.05, 4.69) is 2.59 Å². The maximum atomic E-state index is 5.86. The molecule has 6 N–H and O–H groups in total. The van der Waals surface area contributed by atoms with E-state index in [1.807, 2.05) is 109 Å². The Hall–Kier alpha value is -1.67. The van der Waals surface area contributed by atoms with E-state index in [1.165, 1.54) is 0 Å². The summed E-state index contributed by atoms with van der Waals surface area (Å²) in [6.45, 7) is 11.0. The molecule has 5 aromatic carbocycles. The molecule has 0 heterocycles. The van der Waals surface area contributed by atoms with Crippen LogP contribution in [-0.4, -0.2) is 0 Å². The summed E-state index contributed by atoms with van der Waals surface area (Å²) in [6.07, 6.45) is 7.05. The van der Waals surface area contributed by atoms with Crippen LogP contribution >= 0.6 is 0 Å². The summed E-state index contributed by atoms with van der Waals surface area (Å²) in [4.78, 5) is 0. The van der Waals surface area contributed by atoms with Gasteiger partial charge in [-0.15, -0.1) is 12.1 Å². The van der Waals surface area contributed by atoms with Crippen molar-refractivity contribution >= 4 is 56.8 Å². The third-order valence-corrected chi connectivity index (χ3v) is 6.13. The van der Waals surface area contributed by atoms with Gasteiger partial charge in [-0.25, -0.2) is 12.2 Å². The predicted octanol–water partition coefficient (Wildman–Crippen LogP) is 7.52. The average Bonchev–Trinajstić information content (AvgIpc) is 2.93. The van der Waals surface area contributed by atoms with Gasteiger partial charge in [-0.1, -0.05) is 59.3 Å². The average molecular weight is 733 g/mol. The van der Waals surface area contributed by atoms with Crippen LogP contribution in [0, 0.1) is 15.7 Å². The summed E-state index contributed by atoms with van der Waals surface area (Å²) in [5.41, 5.74) is 22.8. The van der Waals surface area contributed by atoms with Crippen LogP contribution in [0.3, 0.4) is 0 Å². The van der Waals surface area contributed by atoms with Crippen molar-refractivity contribution in [3.05, 3.63) is 133 Å². The molecule has 0 atom stereocenters. The van der Waals surface area contributed by atoms with E-state index >= 15 is 0 Å². The van der Waals surface area contributed by atoms with Crippen molar-refractivity contribution in [3.63, 3.8) is 0 Å². The van der Waals surface area contributed by atoms with Crippen LogP contribution in [0.25, 0.3) is 39.8 Å². The topological polar surface area (TPSA) is 78.1 Å². The number of rotatable bonds is 3. The summed E-state index contributed by atoms with van der Waals surface area (Å²) in [5.74, 6) is 0. The van der Waals surface area contributed by atoms with Gasteiger partial charge in [0.2, 0.25) is 0 Å². The maximum Gasteiger partial charge on any atom is 0.0217 e. The number of hydrogen-bond acceptors (Lipinski definition) is 3. The van der Waals surface area contributed by atoms with Crippen LogP contribution in [-0.2, 0) is 95.6 Å². The van der Waals surface area contributed by atoms with Gasteiger partial charge in [-0.05, 0) is 22.9 Å². The number of nitrogen functional groups attached to an aromatic ring is 3. The summed E-state index contributed by atoms with van der Waals surface area (Å²) < 4.78 is 3.04. The smallest absolute Gasteiger partial charge is 0.0217 e. The zero-order valence-electron chi connectivity index (χ0n) is 21.7. The third-order valence-electron chi connectivity index (χ3n) is 5.65. The first kappa shape index (κ1) is 35.4. The Bertz CT molecular complexity index is 1520. The molecule has 0 aliphatic heterocycles. The number of nitrogens with two attached hydrogens (primary N) is 3. The Morgan fingerprint density at radius 3 is 1.33 bits per heavy atom. The first-order chi connectivity index (χ1) is 18.0. The van der Waals surface area contributed by atoms with Gasteiger partial charge in [0.05, 0.1) is 0 Å². The Kier molecular flexibility index (Phi) is 16.9. The first-order valence-corrected chi connectivity index (χ1v) is 13.0. The molecule has 0 unspecified atom stereocenters. The second-order valence-corrected chi connectivity index (χ2v) is 8.87. The van der Waals surface area contributed by atoms with Crippen molar-refractivity contribution in [2.45, 2.75) is 0 Å². The van der Waals surface area contributed by atoms with E-state index in [4.69, 9.17) is 30.4 Å². The summed E-state index contributed by atoms with van der Waals surface area (Å²) in [5, 5.41) is 4.32. The molecule has 0 aliphatic carbocycles. The number of fused-ring (bicyclic) bond motifs is 2. The molecule has 5 rings (SSSR count). The minimum Gasteiger partial charge on any atom is -0.399 e. The maximum absolute atomic E-state index is 5.86. The summed E-state index contributed by atoms with van der Waals surface area (Å²) >= 11 is 1.03. The Morgan fingerprint density at radius 1 is 0.538 bits per heavy atom. The fourth-order valence-electron chi connectivity index (χ4n) is 3.88. The van der Waals surface area contributed by atoms with Gasteiger partial charge < -0.3 is 11.5 Å². The van der Waals surface area contributed by atoms with E-state index < -0.39 is 0 Å². The van der Waals surface area contributed by atoms with Crippen LogP contribution in [0.4, 0.5) is 17.1 Å². The van der Waals surface area contributed by atoms with Crippen LogP contribution in [0.1, 0.15) is 16.7 Å². The van der Waals surface area contributed by atoms with Gasteiger partial charge in [0, 0.05) is 76.8 Å². The van der Waals surface area contributed by atoms with Crippen LogP contribution in [0.15, 0.2) is 103 Å². The second kappa shape index (κ2) is 18.6. The van der Waals surface area contributed by atoms with Crippen molar-refractivity contribution < 1.29 is 95.6 Å². The number of benzene rings is 5. The van der Waals surface area contributed by atoms with E-state index in [0.717, 1.165) is 85.5 Å². The van der Waals surface area contributed by atoms with Crippen molar-refractivity contribution in [3.8, 4) is 2.59 Å². The minimum atomic E-state index is 0. The van der Waals surface area contributed by atoms with Crippen molar-refractivity contribution in [1.82, 2.24) is 0 Å². The number of hydrogen-bond donors (Lipinski definition) is 3. The standard InChI is InChI=1S/2C12H10N.C9H8N.3Y/c2*1-2-9-5-3-6-10-7-4-8-11(13)12(9)10;1-2-5-8-6-3-4-7-9(8)10;;;/h2*1-8H,13H2;2-7H,10H2;;;/q2*-1;;;;. The molecule has 0 aliphatic rings. The minimum absolute atomic E-state index is 0. The van der Waals surface area contributed by atoms with Crippen LogP contribution in [0.2, 0.25) is 0 Å². The number of para-hydroxylation sites is 1. The molecule has 0 aromatic heterocycles. The molecule has 3 nitrogen and oxygen atoms in total. The molecule has 5 aromatic rings. The Morgan fingerprint density at radius 2 is 0.923 bits per heavy atom. The summed E-state index contributed by atoms with van der Waals surface area (Å²) in [6, 6.07) is 31.4. The second-order valence-electron chi connectivity index (χ2n) is 8.05. The van der Waals surface area contributed by atoms with Gasteiger partial charge >= 0.3 is 86.2 Å². The predicted molar refractivity (Wildman–Crippen MR) is 158 cm³/mol. The van der Waals surface area contributed by atoms with Gasteiger partial charge in [0.15, 0.2) is 0 Å². The van der Waals surface area contributed by atoms with Crippen molar-refractivity contribution in [2.75, 3.05) is 17.2 Å². The molecule has 0 amide bonds. The number of allylic oxidation sites excluding steroid dienone is 1. The van der Waals surface area contributed by atoms with Crippen molar-refractivity contribution in [2.24, 2.45) is 0 Å². The molecule has 0 bridgehead atoms. The molecule has 186 valence electrons. The summed E-state index contributed by atoms with van der Waals surface area (Å²) in [7, 11) is 0. The molecular weight excluding hydrogens is 705 g/mol. The van der Waals surface area contributed by atoms with Gasteiger partial charge in [0.25, 0.3) is 0 Å². The fourth-order valence-corrected chi connectivity index (χ4v) is 4.11. The molecule has 0 saturated heterocycles. The quantitative estimate of drug-likeness (QED) is 0.133. The molecule has 6 heteroatoms. The molecule has 0 spiro atoms. The first-order valence-electron chi connectivity index (χ1n) is 11.6. The van der Waals surface area contributed by atoms with E-state index in [1.54, 1.807) is 12.2 Å². The largest absolute Gasteiger partial charge is 0.399 e. The van der Waals surface area contributed by atoms with Crippen molar-refractivity contribution in [1.29, 1.82) is 0 Å². The van der Waals surface area contributed by atoms with Crippen LogP contribution in [0.5, 0.6) is 0 Å². The zero-order valence-corrected chi connectivity index (χ0v) is 30.2. The molecule has 0 saturated carbocycles. The van der Waals surface area contributed by atoms with E-state index in [9.17, 15) is 0 Å². The number of anilines is 3. The normalized spacial score (nSPS) is 9.59. The molecule has 0 fully saturated rings. The van der Waals surface area contributed by atoms with E-state index in [0.29, 0.717) is 0 Å². The van der Waals surface area contributed by atoms with Crippen LogP contribution < -0.4 is 17.2 Å². The van der Waals surface area contributed by atoms with E-state index in [-0.39, 0.29) is 65.4 Å². The van der Waals surface area contributed by atoms with Gasteiger partial charge in [-0.3, -0.25) is 13.2 Å². The zero-order chi connectivity index (χ0) is 26.6. The van der Waals surface area contributed by atoms with Gasteiger partial charge in [0.1, 0.15) is 0 Å². The van der Waals surface area contributed by atoms with Gasteiger partial charge in [-0.2, -0.15) is 11.1 Å². The fraction of sp³-hybridized carbons (Fsp3) is 0. The Labute approximate surface area is 301 Å². The molecule has 39 heavy (non-hydrogen) atoms.